The van der Waals surface area contributed by atoms with Crippen molar-refractivity contribution in [3.63, 3.8) is 0 Å². The summed E-state index contributed by atoms with van der Waals surface area (Å²) in [4.78, 5) is 14.7. The fourth-order valence-corrected chi connectivity index (χ4v) is 6.92. The zero-order chi connectivity index (χ0) is 27.7. The molecule has 0 aliphatic carbocycles. The van der Waals surface area contributed by atoms with Gasteiger partial charge in [0.05, 0.1) is 5.41 Å². The number of ether oxygens (including phenoxy) is 2. The van der Waals surface area contributed by atoms with E-state index in [9.17, 15) is 26.4 Å². The zero-order valence-corrected chi connectivity index (χ0v) is 21.7. The van der Waals surface area contributed by atoms with Crippen molar-refractivity contribution in [3.05, 3.63) is 84.4 Å². The number of benzene rings is 3. The van der Waals surface area contributed by atoms with E-state index in [4.69, 9.17) is 4.74 Å². The number of hydrogen-bond acceptors (Lipinski definition) is 5. The molecule has 11 heteroatoms. The molecule has 0 aromatic heterocycles. The third-order valence-corrected chi connectivity index (χ3v) is 9.00. The Morgan fingerprint density at radius 3 is 2.23 bits per heavy atom. The van der Waals surface area contributed by atoms with Crippen LogP contribution in [0.15, 0.2) is 83.8 Å². The van der Waals surface area contributed by atoms with Gasteiger partial charge in [0.25, 0.3) is 0 Å². The van der Waals surface area contributed by atoms with Gasteiger partial charge in [0.15, 0.2) is 0 Å². The van der Waals surface area contributed by atoms with Crippen LogP contribution in [0.4, 0.5) is 13.2 Å². The monoisotopic (exact) mass is 560 g/mol. The number of sulfonamides is 1. The molecule has 1 atom stereocenters. The van der Waals surface area contributed by atoms with Gasteiger partial charge < -0.3 is 14.4 Å². The van der Waals surface area contributed by atoms with Crippen LogP contribution < -0.4 is 9.47 Å². The van der Waals surface area contributed by atoms with Gasteiger partial charge in [0, 0.05) is 26.2 Å². The summed E-state index contributed by atoms with van der Waals surface area (Å²) in [6.45, 7) is 0.847. The predicted molar refractivity (Wildman–Crippen MR) is 137 cm³/mol. The first-order valence-corrected chi connectivity index (χ1v) is 14.0. The molecule has 3 aromatic carbocycles. The van der Waals surface area contributed by atoms with Crippen molar-refractivity contribution in [2.45, 2.75) is 37.1 Å². The SMILES string of the molecule is O=C1N(Cc2ccc(Oc3ccccc3)cc2)CCC12CCCN(S(=O)(=O)c1ccccc1OC(F)(F)F)C2. The largest absolute Gasteiger partial charge is 0.573 e. The van der Waals surface area contributed by atoms with Crippen LogP contribution in [0.5, 0.6) is 17.2 Å². The van der Waals surface area contributed by atoms with Gasteiger partial charge in [-0.3, -0.25) is 4.79 Å². The van der Waals surface area contributed by atoms with Crippen LogP contribution in [-0.2, 0) is 21.4 Å². The Kier molecular flexibility index (Phi) is 7.30. The fraction of sp³-hybridized carbons (Fsp3) is 0.321. The molecule has 1 amide bonds. The van der Waals surface area contributed by atoms with Crippen molar-refractivity contribution >= 4 is 15.9 Å². The smallest absolute Gasteiger partial charge is 0.457 e. The third kappa shape index (κ3) is 5.89. The van der Waals surface area contributed by atoms with Gasteiger partial charge >= 0.3 is 6.36 Å². The number of halogens is 3. The lowest BCUT2D eigenvalue weighted by Crippen LogP contribution is -2.49. The van der Waals surface area contributed by atoms with Crippen LogP contribution in [0.2, 0.25) is 0 Å². The molecule has 2 fully saturated rings. The lowest BCUT2D eigenvalue weighted by Gasteiger charge is -2.38. The van der Waals surface area contributed by atoms with Crippen LogP contribution in [-0.4, -0.2) is 49.5 Å². The van der Waals surface area contributed by atoms with Crippen molar-refractivity contribution in [1.29, 1.82) is 0 Å². The Labute approximate surface area is 224 Å². The second kappa shape index (κ2) is 10.5. The fourth-order valence-electron chi connectivity index (χ4n) is 5.24. The molecule has 0 bridgehead atoms. The maximum absolute atomic E-state index is 13.6. The molecular weight excluding hydrogens is 533 g/mol. The van der Waals surface area contributed by atoms with Gasteiger partial charge in [0.1, 0.15) is 22.1 Å². The van der Waals surface area contributed by atoms with E-state index in [0.717, 1.165) is 22.0 Å². The van der Waals surface area contributed by atoms with E-state index >= 15 is 0 Å². The summed E-state index contributed by atoms with van der Waals surface area (Å²) in [5.41, 5.74) is -0.0130. The molecule has 2 aliphatic rings. The zero-order valence-electron chi connectivity index (χ0n) is 20.9. The van der Waals surface area contributed by atoms with Crippen molar-refractivity contribution in [1.82, 2.24) is 9.21 Å². The quantitative estimate of drug-likeness (QED) is 0.377. The van der Waals surface area contributed by atoms with E-state index in [1.54, 1.807) is 4.90 Å². The summed E-state index contributed by atoms with van der Waals surface area (Å²) in [6.07, 6.45) is -3.64. The molecule has 7 nitrogen and oxygen atoms in total. The molecule has 2 aliphatic heterocycles. The molecule has 39 heavy (non-hydrogen) atoms. The number of para-hydroxylation sites is 2. The number of hydrogen-bond donors (Lipinski definition) is 0. The molecule has 5 rings (SSSR count). The van der Waals surface area contributed by atoms with E-state index in [1.165, 1.54) is 12.1 Å². The van der Waals surface area contributed by atoms with Crippen LogP contribution in [0.1, 0.15) is 24.8 Å². The standard InChI is InChI=1S/C28H27F3N2O5S/c29-28(30,31)38-24-9-4-5-10-25(24)39(35,36)33-17-6-15-27(20-33)16-18-32(26(27)34)19-21-11-13-23(14-12-21)37-22-7-2-1-3-8-22/h1-5,7-14H,6,15-20H2. The average Bonchev–Trinajstić information content (AvgIpc) is 3.19. The minimum atomic E-state index is -5.04. The first-order chi connectivity index (χ1) is 18.6. The topological polar surface area (TPSA) is 76.2 Å². The highest BCUT2D eigenvalue weighted by Gasteiger charge is 2.51. The van der Waals surface area contributed by atoms with Gasteiger partial charge in [-0.1, -0.05) is 42.5 Å². The Bertz CT molecular complexity index is 1430. The van der Waals surface area contributed by atoms with Crippen LogP contribution in [0.3, 0.4) is 0 Å². The number of nitrogens with zero attached hydrogens (tertiary/aromatic N) is 2. The molecule has 2 heterocycles. The van der Waals surface area contributed by atoms with Crippen LogP contribution in [0, 0.1) is 5.41 Å². The Balaban J connectivity index is 1.28. The van der Waals surface area contributed by atoms with Crippen molar-refractivity contribution < 1.29 is 35.9 Å². The number of likely N-dealkylation sites (tertiary alicyclic amines) is 1. The average molecular weight is 561 g/mol. The second-order valence-electron chi connectivity index (χ2n) is 9.75. The first kappa shape index (κ1) is 27.0. The molecule has 206 valence electrons. The molecular formula is C28H27F3N2O5S. The number of rotatable bonds is 7. The lowest BCUT2D eigenvalue weighted by atomic mass is 9.79. The van der Waals surface area contributed by atoms with E-state index in [-0.39, 0.29) is 19.0 Å². The highest BCUT2D eigenvalue weighted by Crippen LogP contribution is 2.43. The first-order valence-electron chi connectivity index (χ1n) is 12.5. The second-order valence-corrected chi connectivity index (χ2v) is 11.7. The maximum Gasteiger partial charge on any atom is 0.573 e. The summed E-state index contributed by atoms with van der Waals surface area (Å²) in [7, 11) is -4.34. The molecule has 3 aromatic rings. The minimum absolute atomic E-state index is 0.0884. The van der Waals surface area contributed by atoms with Crippen LogP contribution in [0.25, 0.3) is 0 Å². The highest BCUT2D eigenvalue weighted by molar-refractivity contribution is 7.89. The van der Waals surface area contributed by atoms with Crippen molar-refractivity contribution in [3.8, 4) is 17.2 Å². The van der Waals surface area contributed by atoms with Gasteiger partial charge in [-0.05, 0) is 61.2 Å². The number of alkyl halides is 3. The number of amides is 1. The molecule has 0 N–H and O–H groups in total. The van der Waals surface area contributed by atoms with E-state index in [0.29, 0.717) is 43.9 Å². The Morgan fingerprint density at radius 1 is 0.846 bits per heavy atom. The summed E-state index contributed by atoms with van der Waals surface area (Å²) >= 11 is 0. The highest BCUT2D eigenvalue weighted by atomic mass is 32.2. The minimum Gasteiger partial charge on any atom is -0.457 e. The van der Waals surface area contributed by atoms with Crippen molar-refractivity contribution in [2.75, 3.05) is 19.6 Å². The Hall–Kier alpha value is -3.57. The molecule has 1 spiro atoms. The number of carbonyl (C=O) groups excluding carboxylic acids is 1. The summed E-state index contributed by atoms with van der Waals surface area (Å²) in [5, 5.41) is 0. The lowest BCUT2D eigenvalue weighted by molar-refractivity contribution is -0.275. The van der Waals surface area contributed by atoms with E-state index < -0.39 is 32.4 Å². The maximum atomic E-state index is 13.6. The summed E-state index contributed by atoms with van der Waals surface area (Å²) in [5.74, 6) is 0.443. The number of piperidine rings is 1. The van der Waals surface area contributed by atoms with E-state index in [1.807, 2.05) is 54.6 Å². The van der Waals surface area contributed by atoms with Crippen molar-refractivity contribution in [2.24, 2.45) is 5.41 Å². The third-order valence-electron chi connectivity index (χ3n) is 7.11. The van der Waals surface area contributed by atoms with Crippen LogP contribution >= 0.6 is 0 Å². The Morgan fingerprint density at radius 2 is 1.51 bits per heavy atom. The normalized spacial score (nSPS) is 20.4. The molecule has 0 saturated carbocycles. The summed E-state index contributed by atoms with van der Waals surface area (Å²) < 4.78 is 76.4. The van der Waals surface area contributed by atoms with E-state index in [2.05, 4.69) is 4.74 Å². The molecule has 0 radical (unpaired) electrons. The van der Waals surface area contributed by atoms with Gasteiger partial charge in [-0.15, -0.1) is 13.2 Å². The summed E-state index contributed by atoms with van der Waals surface area (Å²) in [6, 6.07) is 21.5. The number of carbonyl (C=O) groups is 1. The molecule has 1 unspecified atom stereocenters. The van der Waals surface area contributed by atoms with Gasteiger partial charge in [-0.25, -0.2) is 8.42 Å². The predicted octanol–water partition coefficient (Wildman–Crippen LogP) is 5.58. The van der Waals surface area contributed by atoms with Gasteiger partial charge in [-0.2, -0.15) is 4.31 Å². The molecule has 2 saturated heterocycles. The van der Waals surface area contributed by atoms with Gasteiger partial charge in [0.2, 0.25) is 15.9 Å².